The maximum absolute atomic E-state index is 13.6. The number of carbonyl (C=O) groups is 1. The third-order valence-electron chi connectivity index (χ3n) is 3.93. The average molecular weight is 515 g/mol. The number of aliphatic carboxylic acids is 1. The van der Waals surface area contributed by atoms with E-state index < -0.39 is 5.97 Å². The number of anilines is 1. The highest BCUT2D eigenvalue weighted by molar-refractivity contribution is 14.1. The number of nitrogens with zero attached hydrogens (tertiary/aromatic N) is 4. The largest absolute Gasteiger partial charge is 0.481 e. The normalized spacial score (nSPS) is 10.6. The van der Waals surface area contributed by atoms with Crippen molar-refractivity contribution in [2.75, 3.05) is 12.3 Å². The quantitative estimate of drug-likeness (QED) is 0.250. The summed E-state index contributed by atoms with van der Waals surface area (Å²) in [5.41, 5.74) is 7.74. The number of fused-ring (bicyclic) bond motifs is 1. The number of nitrogen functional groups attached to an aromatic ring is 1. The van der Waals surface area contributed by atoms with Crippen molar-refractivity contribution in [2.45, 2.75) is 39.2 Å². The van der Waals surface area contributed by atoms with Gasteiger partial charge >= 0.3 is 5.97 Å². The molecule has 0 saturated carbocycles. The van der Waals surface area contributed by atoms with Crippen molar-refractivity contribution >= 4 is 45.5 Å². The van der Waals surface area contributed by atoms with Crippen molar-refractivity contribution in [1.29, 1.82) is 0 Å². The second-order valence-corrected chi connectivity index (χ2v) is 7.19. The summed E-state index contributed by atoms with van der Waals surface area (Å²) >= 11 is 2.00. The van der Waals surface area contributed by atoms with E-state index in [1.54, 1.807) is 12.1 Å². The molecule has 0 atom stereocenters. The van der Waals surface area contributed by atoms with Crippen molar-refractivity contribution in [3.63, 3.8) is 0 Å². The molecule has 4 N–H and O–H groups in total. The van der Waals surface area contributed by atoms with Crippen LogP contribution in [0.2, 0.25) is 0 Å². The number of aryl methyl sites for hydroxylation is 1. The first-order valence-corrected chi connectivity index (χ1v) is 10.2. The minimum atomic E-state index is -0.711. The molecule has 0 spiro atoms. The Kier molecular flexibility index (Phi) is 8.70. The summed E-state index contributed by atoms with van der Waals surface area (Å²) in [7, 11) is 0. The summed E-state index contributed by atoms with van der Waals surface area (Å²) in [4.78, 5) is 22.7. The zero-order valence-corrected chi connectivity index (χ0v) is 18.1. The molecular formula is C19H23FIN5O3. The minimum Gasteiger partial charge on any atom is -0.481 e. The number of carboxylic acid groups (broad SMARTS) is 1. The molecule has 3 aromatic rings. The summed E-state index contributed by atoms with van der Waals surface area (Å²) in [5.74, 6) is -0.138. The zero-order chi connectivity index (χ0) is 21.4. The highest BCUT2D eigenvalue weighted by Gasteiger charge is 2.17. The Morgan fingerprint density at radius 1 is 1.28 bits per heavy atom. The minimum absolute atomic E-state index is 0.122. The molecule has 0 bridgehead atoms. The van der Waals surface area contributed by atoms with E-state index in [2.05, 4.69) is 15.0 Å². The van der Waals surface area contributed by atoms with Crippen LogP contribution in [0.25, 0.3) is 22.6 Å². The van der Waals surface area contributed by atoms with Gasteiger partial charge in [0.05, 0.1) is 0 Å². The molecule has 0 saturated heterocycles. The summed E-state index contributed by atoms with van der Waals surface area (Å²) in [6, 6.07) is 6.25. The first-order chi connectivity index (χ1) is 13.9. The fraction of sp³-hybridized carbons (Fsp3) is 0.368. The van der Waals surface area contributed by atoms with E-state index in [4.69, 9.17) is 15.9 Å². The molecule has 0 aliphatic rings. The van der Waals surface area contributed by atoms with E-state index >= 15 is 0 Å². The van der Waals surface area contributed by atoms with Crippen LogP contribution in [0.4, 0.5) is 10.2 Å². The van der Waals surface area contributed by atoms with Gasteiger partial charge in [0, 0.05) is 47.7 Å². The summed E-state index contributed by atoms with van der Waals surface area (Å²) in [6.45, 7) is 2.57. The molecule has 0 aliphatic carbocycles. The smallest absolute Gasteiger partial charge is 0.303 e. The molecule has 8 nitrogen and oxygen atoms in total. The number of halogens is 2. The number of aliphatic hydroxyl groups excluding tert-OH is 1. The Morgan fingerprint density at radius 3 is 2.62 bits per heavy atom. The zero-order valence-electron chi connectivity index (χ0n) is 16.0. The Bertz CT molecular complexity index is 980. The Labute approximate surface area is 181 Å². The molecule has 10 heteroatoms. The SMILES string of the molecule is CCCC(=O)O.Nc1nc(I)nc2c1nc(-c1cccc(F)c1)n2CCCCO. The van der Waals surface area contributed by atoms with E-state index in [1.165, 1.54) is 12.1 Å². The lowest BCUT2D eigenvalue weighted by atomic mass is 10.2. The summed E-state index contributed by atoms with van der Waals surface area (Å²) < 4.78 is 16.0. The number of benzene rings is 1. The molecule has 0 fully saturated rings. The first kappa shape index (κ1) is 22.9. The topological polar surface area (TPSA) is 127 Å². The molecule has 0 aliphatic heterocycles. The average Bonchev–Trinajstić information content (AvgIpc) is 3.01. The van der Waals surface area contributed by atoms with Crippen molar-refractivity contribution in [3.05, 3.63) is 33.9 Å². The number of nitrogens with two attached hydrogens (primary N) is 1. The van der Waals surface area contributed by atoms with Crippen LogP contribution in [-0.2, 0) is 11.3 Å². The van der Waals surface area contributed by atoms with E-state index in [9.17, 15) is 9.18 Å². The molecular weight excluding hydrogens is 492 g/mol. The van der Waals surface area contributed by atoms with Crippen LogP contribution < -0.4 is 5.73 Å². The van der Waals surface area contributed by atoms with Crippen LogP contribution >= 0.6 is 22.6 Å². The van der Waals surface area contributed by atoms with Gasteiger partial charge in [0.25, 0.3) is 0 Å². The monoisotopic (exact) mass is 515 g/mol. The van der Waals surface area contributed by atoms with Crippen LogP contribution in [0.3, 0.4) is 0 Å². The molecule has 29 heavy (non-hydrogen) atoms. The third kappa shape index (κ3) is 6.32. The molecule has 2 aromatic heterocycles. The van der Waals surface area contributed by atoms with Crippen LogP contribution in [0.5, 0.6) is 0 Å². The number of rotatable bonds is 7. The number of aliphatic hydroxyl groups is 1. The van der Waals surface area contributed by atoms with Gasteiger partial charge in [-0.05, 0) is 31.4 Å². The summed E-state index contributed by atoms with van der Waals surface area (Å²) in [5, 5.41) is 16.9. The number of unbranched alkanes of at least 4 members (excludes halogenated alkanes) is 1. The summed E-state index contributed by atoms with van der Waals surface area (Å²) in [6.07, 6.45) is 2.44. The molecule has 1 aromatic carbocycles. The third-order valence-corrected chi connectivity index (χ3v) is 4.41. The van der Waals surface area contributed by atoms with Gasteiger partial charge in [0.1, 0.15) is 11.6 Å². The fourth-order valence-electron chi connectivity index (χ4n) is 2.65. The second-order valence-electron chi connectivity index (χ2n) is 6.22. The molecule has 0 amide bonds. The molecule has 0 unspecified atom stereocenters. The van der Waals surface area contributed by atoms with Gasteiger partial charge in [-0.15, -0.1) is 0 Å². The lowest BCUT2D eigenvalue weighted by Crippen LogP contribution is -2.04. The van der Waals surface area contributed by atoms with Gasteiger partial charge in [-0.2, -0.15) is 0 Å². The fourth-order valence-corrected chi connectivity index (χ4v) is 3.14. The van der Waals surface area contributed by atoms with Crippen LogP contribution in [0.15, 0.2) is 24.3 Å². The number of imidazole rings is 1. The highest BCUT2D eigenvalue weighted by atomic mass is 127. The van der Waals surface area contributed by atoms with E-state index in [-0.39, 0.29) is 12.4 Å². The van der Waals surface area contributed by atoms with Gasteiger partial charge in [-0.1, -0.05) is 19.1 Å². The predicted octanol–water partition coefficient (Wildman–Crippen LogP) is 3.46. The number of hydrogen-bond acceptors (Lipinski definition) is 6. The van der Waals surface area contributed by atoms with Gasteiger partial charge in [0.15, 0.2) is 20.8 Å². The number of hydrogen-bond donors (Lipinski definition) is 3. The highest BCUT2D eigenvalue weighted by Crippen LogP contribution is 2.27. The standard InChI is InChI=1S/C15H15FIN5O.C4H8O2/c16-10-5-3-4-9(8-10)13-19-11-12(18)20-15(17)21-14(11)22(13)6-1-2-7-23;1-2-3-4(5)6/h3-5,8,23H,1-2,6-7H2,(H2,18,20,21);2-3H2,1H3,(H,5,6). The van der Waals surface area contributed by atoms with Crippen LogP contribution in [0, 0.1) is 9.65 Å². The van der Waals surface area contributed by atoms with E-state index in [1.807, 2.05) is 34.1 Å². The predicted molar refractivity (Wildman–Crippen MR) is 117 cm³/mol. The first-order valence-electron chi connectivity index (χ1n) is 9.15. The number of aromatic nitrogens is 4. The van der Waals surface area contributed by atoms with E-state index in [0.717, 1.165) is 12.8 Å². The molecule has 2 heterocycles. The Morgan fingerprint density at radius 2 is 2.03 bits per heavy atom. The maximum atomic E-state index is 13.6. The van der Waals surface area contributed by atoms with Crippen LogP contribution in [-0.4, -0.2) is 42.3 Å². The van der Waals surface area contributed by atoms with Gasteiger partial charge in [-0.25, -0.2) is 19.3 Å². The van der Waals surface area contributed by atoms with Crippen molar-refractivity contribution in [3.8, 4) is 11.4 Å². The van der Waals surface area contributed by atoms with Crippen molar-refractivity contribution in [1.82, 2.24) is 19.5 Å². The van der Waals surface area contributed by atoms with Gasteiger partial charge in [-0.3, -0.25) is 4.79 Å². The van der Waals surface area contributed by atoms with Crippen molar-refractivity contribution < 1.29 is 19.4 Å². The van der Waals surface area contributed by atoms with E-state index in [0.29, 0.717) is 51.6 Å². The van der Waals surface area contributed by atoms with Crippen LogP contribution in [0.1, 0.15) is 32.6 Å². The molecule has 3 rings (SSSR count). The Hall–Kier alpha value is -2.34. The molecule has 0 radical (unpaired) electrons. The van der Waals surface area contributed by atoms with Gasteiger partial charge < -0.3 is 20.5 Å². The lowest BCUT2D eigenvalue weighted by Gasteiger charge is -2.08. The number of carboxylic acids is 1. The molecule has 156 valence electrons. The Balaban J connectivity index is 0.000000438. The maximum Gasteiger partial charge on any atom is 0.303 e. The van der Waals surface area contributed by atoms with Crippen molar-refractivity contribution in [2.24, 2.45) is 0 Å². The lowest BCUT2D eigenvalue weighted by molar-refractivity contribution is -0.137. The second kappa shape index (κ2) is 11.0. The van der Waals surface area contributed by atoms with Gasteiger partial charge in [0.2, 0.25) is 0 Å².